The first kappa shape index (κ1) is 18.1. The summed E-state index contributed by atoms with van der Waals surface area (Å²) in [6, 6.07) is 14.6. The van der Waals surface area contributed by atoms with Gasteiger partial charge in [0.15, 0.2) is 6.61 Å². The number of hydrogen-bond donors (Lipinski definition) is 0. The smallest absolute Gasteiger partial charge is 0.260 e. The molecule has 0 heterocycles. The first-order valence-electron chi connectivity index (χ1n) is 7.87. The average molecular weight is 348 g/mol. The van der Waals surface area contributed by atoms with Gasteiger partial charge in [-0.15, -0.1) is 0 Å². The van der Waals surface area contributed by atoms with Crippen LogP contribution in [0.3, 0.4) is 0 Å². The molecular formula is C19H22ClNO3. The van der Waals surface area contributed by atoms with Crippen molar-refractivity contribution >= 4 is 17.5 Å². The van der Waals surface area contributed by atoms with Crippen molar-refractivity contribution in [1.29, 1.82) is 0 Å². The van der Waals surface area contributed by atoms with Gasteiger partial charge in [0.25, 0.3) is 5.91 Å². The van der Waals surface area contributed by atoms with Crippen molar-refractivity contribution in [2.24, 2.45) is 0 Å². The molecule has 0 aliphatic carbocycles. The van der Waals surface area contributed by atoms with Crippen molar-refractivity contribution in [2.75, 3.05) is 20.3 Å². The van der Waals surface area contributed by atoms with Gasteiger partial charge in [0.05, 0.1) is 13.2 Å². The fourth-order valence-corrected chi connectivity index (χ4v) is 2.63. The third-order valence-corrected chi connectivity index (χ3v) is 4.13. The maximum atomic E-state index is 12.5. The summed E-state index contributed by atoms with van der Waals surface area (Å²) in [7, 11) is 1.63. The number of benzene rings is 2. The van der Waals surface area contributed by atoms with E-state index in [2.05, 4.69) is 0 Å². The molecule has 4 nitrogen and oxygen atoms in total. The standard InChI is InChI=1S/C19H22ClNO3/c1-4-21(14(2)15-6-5-7-18(12-15)23-3)19(22)13-24-17-10-8-16(20)9-11-17/h5-12,14H,4,13H2,1-3H3. The van der Waals surface area contributed by atoms with E-state index in [0.717, 1.165) is 11.3 Å². The molecule has 2 rings (SSSR count). The highest BCUT2D eigenvalue weighted by molar-refractivity contribution is 6.30. The molecule has 0 spiro atoms. The van der Waals surface area contributed by atoms with Crippen LogP contribution < -0.4 is 9.47 Å². The molecule has 24 heavy (non-hydrogen) atoms. The zero-order valence-electron chi connectivity index (χ0n) is 14.2. The van der Waals surface area contributed by atoms with Crippen LogP contribution in [0.2, 0.25) is 5.02 Å². The Bertz CT molecular complexity index is 673. The lowest BCUT2D eigenvalue weighted by atomic mass is 10.1. The number of hydrogen-bond acceptors (Lipinski definition) is 3. The molecule has 5 heteroatoms. The van der Waals surface area contributed by atoms with Gasteiger partial charge in [-0.2, -0.15) is 0 Å². The van der Waals surface area contributed by atoms with E-state index in [1.54, 1.807) is 36.3 Å². The molecule has 0 N–H and O–H groups in total. The summed E-state index contributed by atoms with van der Waals surface area (Å²) in [5.41, 5.74) is 1.02. The minimum atomic E-state index is -0.0669. The monoisotopic (exact) mass is 347 g/mol. The Kier molecular flexibility index (Phi) is 6.50. The molecule has 2 aromatic rings. The van der Waals surface area contributed by atoms with E-state index in [-0.39, 0.29) is 18.6 Å². The predicted octanol–water partition coefficient (Wildman–Crippen LogP) is 4.34. The van der Waals surface area contributed by atoms with Crippen LogP contribution in [0.4, 0.5) is 0 Å². The van der Waals surface area contributed by atoms with Crippen molar-refractivity contribution in [3.05, 3.63) is 59.1 Å². The zero-order valence-corrected chi connectivity index (χ0v) is 14.9. The van der Waals surface area contributed by atoms with Crippen LogP contribution in [-0.2, 0) is 4.79 Å². The molecule has 1 atom stereocenters. The highest BCUT2D eigenvalue weighted by Crippen LogP contribution is 2.24. The Hall–Kier alpha value is -2.20. The Balaban J connectivity index is 2.03. The molecule has 2 aromatic carbocycles. The number of methoxy groups -OCH3 is 1. The summed E-state index contributed by atoms with van der Waals surface area (Å²) in [6.45, 7) is 4.54. The van der Waals surface area contributed by atoms with Gasteiger partial charge in [-0.25, -0.2) is 0 Å². The second kappa shape index (κ2) is 8.60. The summed E-state index contributed by atoms with van der Waals surface area (Å²) >= 11 is 5.84. The first-order valence-corrected chi connectivity index (χ1v) is 8.24. The van der Waals surface area contributed by atoms with Crippen LogP contribution in [0.15, 0.2) is 48.5 Å². The number of ether oxygens (including phenoxy) is 2. The molecular weight excluding hydrogens is 326 g/mol. The van der Waals surface area contributed by atoms with Gasteiger partial charge in [0.2, 0.25) is 0 Å². The number of amides is 1. The number of nitrogens with zero attached hydrogens (tertiary/aromatic N) is 1. The molecule has 0 aromatic heterocycles. The van der Waals surface area contributed by atoms with E-state index in [1.165, 1.54) is 0 Å². The van der Waals surface area contributed by atoms with Crippen LogP contribution in [0, 0.1) is 0 Å². The van der Waals surface area contributed by atoms with Gasteiger partial charge in [-0.3, -0.25) is 4.79 Å². The van der Waals surface area contributed by atoms with E-state index in [9.17, 15) is 4.79 Å². The molecule has 0 aliphatic rings. The molecule has 0 saturated heterocycles. The fraction of sp³-hybridized carbons (Fsp3) is 0.316. The van der Waals surface area contributed by atoms with Gasteiger partial charge in [0.1, 0.15) is 11.5 Å². The molecule has 0 aliphatic heterocycles. The third kappa shape index (κ3) is 4.65. The largest absolute Gasteiger partial charge is 0.497 e. The molecule has 0 fully saturated rings. The lowest BCUT2D eigenvalue weighted by Crippen LogP contribution is -2.36. The zero-order chi connectivity index (χ0) is 17.5. The van der Waals surface area contributed by atoms with Crippen molar-refractivity contribution in [3.63, 3.8) is 0 Å². The Morgan fingerprint density at radius 2 is 1.88 bits per heavy atom. The summed E-state index contributed by atoms with van der Waals surface area (Å²) in [5.74, 6) is 1.33. The lowest BCUT2D eigenvalue weighted by Gasteiger charge is -2.28. The minimum Gasteiger partial charge on any atom is -0.497 e. The molecule has 0 radical (unpaired) electrons. The van der Waals surface area contributed by atoms with E-state index < -0.39 is 0 Å². The van der Waals surface area contributed by atoms with Gasteiger partial charge in [0, 0.05) is 11.6 Å². The van der Waals surface area contributed by atoms with Crippen molar-refractivity contribution in [3.8, 4) is 11.5 Å². The average Bonchev–Trinajstić information content (AvgIpc) is 2.61. The maximum Gasteiger partial charge on any atom is 0.260 e. The first-order chi connectivity index (χ1) is 11.5. The van der Waals surface area contributed by atoms with Gasteiger partial charge in [-0.05, 0) is 55.8 Å². The highest BCUT2D eigenvalue weighted by atomic mass is 35.5. The minimum absolute atomic E-state index is 0.0101. The molecule has 1 amide bonds. The Morgan fingerprint density at radius 1 is 1.17 bits per heavy atom. The Labute approximate surface area is 147 Å². The summed E-state index contributed by atoms with van der Waals surface area (Å²) < 4.78 is 10.8. The number of rotatable bonds is 7. The van der Waals surface area contributed by atoms with Crippen LogP contribution in [0.1, 0.15) is 25.5 Å². The van der Waals surface area contributed by atoms with Crippen LogP contribution in [0.25, 0.3) is 0 Å². The predicted molar refractivity (Wildman–Crippen MR) is 95.7 cm³/mol. The van der Waals surface area contributed by atoms with E-state index in [1.807, 2.05) is 38.1 Å². The second-order valence-corrected chi connectivity index (χ2v) is 5.81. The van der Waals surface area contributed by atoms with Crippen molar-refractivity contribution < 1.29 is 14.3 Å². The Morgan fingerprint density at radius 3 is 2.50 bits per heavy atom. The number of halogens is 1. The van der Waals surface area contributed by atoms with Gasteiger partial charge < -0.3 is 14.4 Å². The van der Waals surface area contributed by atoms with Crippen molar-refractivity contribution in [2.45, 2.75) is 19.9 Å². The second-order valence-electron chi connectivity index (χ2n) is 5.37. The third-order valence-electron chi connectivity index (χ3n) is 3.88. The van der Waals surface area contributed by atoms with Gasteiger partial charge in [-0.1, -0.05) is 23.7 Å². The summed E-state index contributed by atoms with van der Waals surface area (Å²) in [5, 5.41) is 0.635. The number of carbonyl (C=O) groups is 1. The molecule has 1 unspecified atom stereocenters. The van der Waals surface area contributed by atoms with E-state index in [4.69, 9.17) is 21.1 Å². The molecule has 0 saturated carbocycles. The van der Waals surface area contributed by atoms with Crippen LogP contribution >= 0.6 is 11.6 Å². The highest BCUT2D eigenvalue weighted by Gasteiger charge is 2.20. The van der Waals surface area contributed by atoms with E-state index >= 15 is 0 Å². The summed E-state index contributed by atoms with van der Waals surface area (Å²) in [4.78, 5) is 14.3. The normalized spacial score (nSPS) is 11.7. The van der Waals surface area contributed by atoms with E-state index in [0.29, 0.717) is 17.3 Å². The number of likely N-dealkylation sites (N-methyl/N-ethyl adjacent to an activating group) is 1. The summed E-state index contributed by atoms with van der Waals surface area (Å²) in [6.07, 6.45) is 0. The lowest BCUT2D eigenvalue weighted by molar-refractivity contribution is -0.135. The fourth-order valence-electron chi connectivity index (χ4n) is 2.51. The SMILES string of the molecule is CCN(C(=O)COc1ccc(Cl)cc1)C(C)c1cccc(OC)c1. The van der Waals surface area contributed by atoms with Gasteiger partial charge >= 0.3 is 0 Å². The van der Waals surface area contributed by atoms with Crippen molar-refractivity contribution in [1.82, 2.24) is 4.90 Å². The van der Waals surface area contributed by atoms with Crippen LogP contribution in [0.5, 0.6) is 11.5 Å². The molecule has 0 bridgehead atoms. The quantitative estimate of drug-likeness (QED) is 0.748. The van der Waals surface area contributed by atoms with Crippen LogP contribution in [-0.4, -0.2) is 31.1 Å². The maximum absolute atomic E-state index is 12.5. The number of carbonyl (C=O) groups excluding carboxylic acids is 1. The topological polar surface area (TPSA) is 38.8 Å². The molecule has 128 valence electrons.